The van der Waals surface area contributed by atoms with Crippen LogP contribution in [-0.4, -0.2) is 69.3 Å². The van der Waals surface area contributed by atoms with Gasteiger partial charge in [-0.2, -0.15) is 0 Å². The normalized spacial score (nSPS) is 23.9. The highest BCUT2D eigenvalue weighted by molar-refractivity contribution is 5.89. The van der Waals surface area contributed by atoms with Crippen molar-refractivity contribution in [3.05, 3.63) is 47.9 Å². The van der Waals surface area contributed by atoms with Gasteiger partial charge in [0.05, 0.1) is 45.4 Å². The number of para-hydroxylation sites is 1. The summed E-state index contributed by atoms with van der Waals surface area (Å²) >= 11 is 0. The second kappa shape index (κ2) is 11.0. The molecule has 0 spiro atoms. The molecule has 34 heavy (non-hydrogen) atoms. The SMILES string of the molecule is COC(=O)C1=CO[C@@H](C)[C@@H](CN[C@H](Cc2c[nH]c3ccccc23)C(=O)OC)[C@@H]1CC1OCCO1. The predicted octanol–water partition coefficient (Wildman–Crippen LogP) is 2.31. The molecule has 4 atom stereocenters. The maximum absolute atomic E-state index is 12.7. The smallest absolute Gasteiger partial charge is 0.337 e. The van der Waals surface area contributed by atoms with Crippen LogP contribution in [0.1, 0.15) is 18.9 Å². The number of nitrogens with one attached hydrogen (secondary N) is 2. The van der Waals surface area contributed by atoms with Crippen molar-refractivity contribution in [3.8, 4) is 0 Å². The number of carbonyl (C=O) groups is 2. The van der Waals surface area contributed by atoms with Crippen molar-refractivity contribution in [2.75, 3.05) is 34.0 Å². The molecule has 2 N–H and O–H groups in total. The molecule has 2 aliphatic rings. The van der Waals surface area contributed by atoms with Crippen molar-refractivity contribution in [2.24, 2.45) is 11.8 Å². The van der Waals surface area contributed by atoms with Gasteiger partial charge in [0, 0.05) is 48.3 Å². The highest BCUT2D eigenvalue weighted by Gasteiger charge is 2.40. The predicted molar refractivity (Wildman–Crippen MR) is 124 cm³/mol. The topological polar surface area (TPSA) is 108 Å². The Bertz CT molecular complexity index is 1030. The molecule has 184 valence electrons. The van der Waals surface area contributed by atoms with Crippen LogP contribution in [0.2, 0.25) is 0 Å². The van der Waals surface area contributed by atoms with Gasteiger partial charge in [-0.1, -0.05) is 18.2 Å². The van der Waals surface area contributed by atoms with Crippen LogP contribution in [0.3, 0.4) is 0 Å². The summed E-state index contributed by atoms with van der Waals surface area (Å²) in [6.45, 7) is 3.43. The number of hydrogen-bond donors (Lipinski definition) is 2. The third-order valence-electron chi connectivity index (χ3n) is 6.67. The number of esters is 2. The number of hydrogen-bond acceptors (Lipinski definition) is 8. The summed E-state index contributed by atoms with van der Waals surface area (Å²) in [6.07, 6.45) is 3.76. The van der Waals surface area contributed by atoms with E-state index in [1.54, 1.807) is 0 Å². The summed E-state index contributed by atoms with van der Waals surface area (Å²) in [4.78, 5) is 28.4. The first kappa shape index (κ1) is 24.3. The molecule has 1 aromatic carbocycles. The van der Waals surface area contributed by atoms with E-state index >= 15 is 0 Å². The molecular weight excluding hydrogens is 440 g/mol. The minimum atomic E-state index is -0.566. The van der Waals surface area contributed by atoms with Gasteiger partial charge in [-0.15, -0.1) is 0 Å². The van der Waals surface area contributed by atoms with Crippen LogP contribution in [0.15, 0.2) is 42.3 Å². The van der Waals surface area contributed by atoms with Crippen molar-refractivity contribution >= 4 is 22.8 Å². The molecule has 9 heteroatoms. The Kier molecular flexibility index (Phi) is 7.87. The van der Waals surface area contributed by atoms with Gasteiger partial charge in [-0.25, -0.2) is 4.79 Å². The molecule has 1 fully saturated rings. The van der Waals surface area contributed by atoms with E-state index in [-0.39, 0.29) is 23.9 Å². The molecule has 0 amide bonds. The van der Waals surface area contributed by atoms with Crippen molar-refractivity contribution in [2.45, 2.75) is 38.2 Å². The molecule has 0 unspecified atom stereocenters. The molecular formula is C25H32N2O7. The lowest BCUT2D eigenvalue weighted by Gasteiger charge is -2.37. The summed E-state index contributed by atoms with van der Waals surface area (Å²) in [5.74, 6) is -1.14. The lowest BCUT2D eigenvalue weighted by Crippen LogP contribution is -2.47. The summed E-state index contributed by atoms with van der Waals surface area (Å²) < 4.78 is 27.2. The van der Waals surface area contributed by atoms with E-state index in [0.29, 0.717) is 38.2 Å². The van der Waals surface area contributed by atoms with Gasteiger partial charge in [-0.05, 0) is 18.6 Å². The van der Waals surface area contributed by atoms with Gasteiger partial charge < -0.3 is 34.0 Å². The van der Waals surface area contributed by atoms with Crippen LogP contribution in [-0.2, 0) is 39.7 Å². The molecule has 1 saturated heterocycles. The zero-order chi connectivity index (χ0) is 24.1. The fourth-order valence-electron chi connectivity index (χ4n) is 4.78. The van der Waals surface area contributed by atoms with Gasteiger partial charge in [0.15, 0.2) is 6.29 Å². The van der Waals surface area contributed by atoms with Gasteiger partial charge in [0.25, 0.3) is 0 Å². The number of ether oxygens (including phenoxy) is 5. The molecule has 0 saturated carbocycles. The average molecular weight is 473 g/mol. The Balaban J connectivity index is 1.52. The third kappa shape index (κ3) is 5.27. The van der Waals surface area contributed by atoms with E-state index < -0.39 is 18.3 Å². The van der Waals surface area contributed by atoms with Crippen LogP contribution in [0.5, 0.6) is 0 Å². The number of H-pyrrole nitrogens is 1. The van der Waals surface area contributed by atoms with Crippen LogP contribution in [0.4, 0.5) is 0 Å². The third-order valence-corrected chi connectivity index (χ3v) is 6.67. The van der Waals surface area contributed by atoms with E-state index in [9.17, 15) is 9.59 Å². The number of fused-ring (bicyclic) bond motifs is 1. The Hall–Kier alpha value is -2.88. The van der Waals surface area contributed by atoms with Crippen molar-refractivity contribution < 1.29 is 33.3 Å². The minimum absolute atomic E-state index is 0.123. The van der Waals surface area contributed by atoms with Crippen molar-refractivity contribution in [3.63, 3.8) is 0 Å². The van der Waals surface area contributed by atoms with E-state index in [1.165, 1.54) is 20.5 Å². The first-order valence-electron chi connectivity index (χ1n) is 11.5. The highest BCUT2D eigenvalue weighted by atomic mass is 16.7. The summed E-state index contributed by atoms with van der Waals surface area (Å²) in [5.41, 5.74) is 2.48. The first-order chi connectivity index (χ1) is 16.5. The van der Waals surface area contributed by atoms with Crippen LogP contribution < -0.4 is 5.32 Å². The molecule has 0 aliphatic carbocycles. The molecule has 2 aliphatic heterocycles. The number of rotatable bonds is 9. The second-order valence-electron chi connectivity index (χ2n) is 8.63. The molecule has 9 nitrogen and oxygen atoms in total. The van der Waals surface area contributed by atoms with Crippen molar-refractivity contribution in [1.82, 2.24) is 10.3 Å². The fourth-order valence-corrected chi connectivity index (χ4v) is 4.78. The molecule has 1 aromatic heterocycles. The lowest BCUT2D eigenvalue weighted by molar-refractivity contribution is -0.144. The number of aromatic nitrogens is 1. The van der Waals surface area contributed by atoms with Crippen molar-refractivity contribution in [1.29, 1.82) is 0 Å². The highest BCUT2D eigenvalue weighted by Crippen LogP contribution is 2.36. The number of carbonyl (C=O) groups excluding carboxylic acids is 2. The van der Waals surface area contributed by atoms with Gasteiger partial charge in [0.2, 0.25) is 0 Å². The van der Waals surface area contributed by atoms with E-state index in [4.69, 9.17) is 23.7 Å². The van der Waals surface area contributed by atoms with Gasteiger partial charge in [0.1, 0.15) is 6.04 Å². The molecule has 4 rings (SSSR count). The largest absolute Gasteiger partial charge is 0.497 e. The van der Waals surface area contributed by atoms with Crippen LogP contribution in [0.25, 0.3) is 10.9 Å². The Morgan fingerprint density at radius 2 is 1.94 bits per heavy atom. The Morgan fingerprint density at radius 3 is 2.68 bits per heavy atom. The van der Waals surface area contributed by atoms with E-state index in [1.807, 2.05) is 37.4 Å². The zero-order valence-corrected chi connectivity index (χ0v) is 19.7. The zero-order valence-electron chi connectivity index (χ0n) is 19.7. The van der Waals surface area contributed by atoms with E-state index in [0.717, 1.165) is 16.5 Å². The standard InChI is InChI=1S/C25H32N2O7/c1-15-19(18(11-23-32-8-9-33-23)20(14-34-15)24(28)30-2)13-27-22(25(29)31-3)10-16-12-26-21-7-5-4-6-17(16)21/h4-7,12,14-15,18-19,22-23,26-27H,8-11,13H2,1-3H3/t15-,18-,19+,22+/m0/s1. The van der Waals surface area contributed by atoms with E-state index in [2.05, 4.69) is 10.3 Å². The summed E-state index contributed by atoms with van der Waals surface area (Å²) in [6, 6.07) is 7.40. The average Bonchev–Trinajstić information content (AvgIpc) is 3.52. The first-order valence-corrected chi connectivity index (χ1v) is 11.5. The number of benzene rings is 1. The maximum Gasteiger partial charge on any atom is 0.337 e. The lowest BCUT2D eigenvalue weighted by atomic mass is 9.78. The second-order valence-corrected chi connectivity index (χ2v) is 8.63. The van der Waals surface area contributed by atoms with Crippen LogP contribution >= 0.6 is 0 Å². The maximum atomic E-state index is 12.7. The Labute approximate surface area is 198 Å². The number of methoxy groups -OCH3 is 2. The van der Waals surface area contributed by atoms with Gasteiger partial charge in [-0.3, -0.25) is 4.79 Å². The monoisotopic (exact) mass is 472 g/mol. The molecule has 0 radical (unpaired) electrons. The fraction of sp³-hybridized carbons (Fsp3) is 0.520. The summed E-state index contributed by atoms with van der Waals surface area (Å²) in [5, 5.41) is 4.44. The Morgan fingerprint density at radius 1 is 1.18 bits per heavy atom. The summed E-state index contributed by atoms with van der Waals surface area (Å²) in [7, 11) is 2.73. The number of aromatic amines is 1. The quantitative estimate of drug-likeness (QED) is 0.536. The minimum Gasteiger partial charge on any atom is -0.497 e. The molecule has 2 aromatic rings. The van der Waals surface area contributed by atoms with Crippen LogP contribution in [0, 0.1) is 11.8 Å². The molecule has 0 bridgehead atoms. The molecule has 3 heterocycles. The van der Waals surface area contributed by atoms with Gasteiger partial charge >= 0.3 is 11.9 Å².